The van der Waals surface area contributed by atoms with E-state index in [0.29, 0.717) is 18.5 Å². The minimum absolute atomic E-state index is 0.0683. The molecule has 0 saturated heterocycles. The monoisotopic (exact) mass is 185 g/mol. The Hall–Kier alpha value is -0.830. The van der Waals surface area contributed by atoms with Crippen molar-refractivity contribution in [1.82, 2.24) is 0 Å². The lowest BCUT2D eigenvalue weighted by Crippen LogP contribution is -2.17. The first-order chi connectivity index (χ1) is 5.87. The summed E-state index contributed by atoms with van der Waals surface area (Å²) in [5.41, 5.74) is 5.78. The average Bonchev–Trinajstić information content (AvgIpc) is 1.96. The lowest BCUT2D eigenvalue weighted by molar-refractivity contribution is -0.139. The summed E-state index contributed by atoms with van der Waals surface area (Å²) in [6, 6.07) is 0. The summed E-state index contributed by atoms with van der Waals surface area (Å²) in [7, 11) is 0. The molecule has 0 heterocycles. The minimum Gasteiger partial charge on any atom is -0.461 e. The van der Waals surface area contributed by atoms with Crippen LogP contribution in [0.15, 0.2) is 12.2 Å². The number of rotatable bonds is 4. The Morgan fingerprint density at radius 3 is 2.38 bits per heavy atom. The normalized spacial score (nSPS) is 11.1. The van der Waals surface area contributed by atoms with Crippen molar-refractivity contribution < 1.29 is 9.53 Å². The van der Waals surface area contributed by atoms with Crippen molar-refractivity contribution in [3.8, 4) is 0 Å². The smallest absolute Gasteiger partial charge is 0.333 e. The molecule has 3 heteroatoms. The number of carbonyl (C=O) groups excluding carboxylic acids is 1. The maximum absolute atomic E-state index is 11.2. The van der Waals surface area contributed by atoms with E-state index in [4.69, 9.17) is 10.5 Å². The summed E-state index contributed by atoms with van der Waals surface area (Å²) in [6.45, 7) is 10.4. The van der Waals surface area contributed by atoms with Gasteiger partial charge in [-0.3, -0.25) is 0 Å². The molecule has 0 unspecified atom stereocenters. The zero-order chi connectivity index (χ0) is 10.5. The molecule has 0 bridgehead atoms. The fraction of sp³-hybridized carbons (Fsp3) is 0.700. The Bertz CT molecular complexity index is 192. The number of hydrogen-bond donors (Lipinski definition) is 1. The Kier molecular flexibility index (Phi) is 4.70. The number of ether oxygens (including phenoxy) is 1. The highest BCUT2D eigenvalue weighted by atomic mass is 16.5. The molecular formula is C10H19NO2. The lowest BCUT2D eigenvalue weighted by atomic mass is 9.88. The molecule has 0 radical (unpaired) electrons. The van der Waals surface area contributed by atoms with Gasteiger partial charge in [-0.25, -0.2) is 4.79 Å². The van der Waals surface area contributed by atoms with Gasteiger partial charge >= 0.3 is 5.97 Å². The molecule has 0 aromatic carbocycles. The standard InChI is InChI=1S/C10H19NO2/c1-8(7-10(2,3)4)9(12)13-6-5-11/h1,5-7,11H2,2-4H3. The molecule has 3 nitrogen and oxygen atoms in total. The Labute approximate surface area is 79.9 Å². The highest BCUT2D eigenvalue weighted by molar-refractivity contribution is 5.87. The third kappa shape index (κ3) is 6.34. The summed E-state index contributed by atoms with van der Waals surface area (Å²) in [4.78, 5) is 11.2. The molecule has 2 N–H and O–H groups in total. The molecule has 0 saturated carbocycles. The predicted molar refractivity (Wildman–Crippen MR) is 53.2 cm³/mol. The van der Waals surface area contributed by atoms with Crippen LogP contribution in [-0.4, -0.2) is 19.1 Å². The number of esters is 1. The van der Waals surface area contributed by atoms with Crippen LogP contribution >= 0.6 is 0 Å². The van der Waals surface area contributed by atoms with Crippen LogP contribution in [0.5, 0.6) is 0 Å². The van der Waals surface area contributed by atoms with Gasteiger partial charge in [-0.15, -0.1) is 0 Å². The van der Waals surface area contributed by atoms with Gasteiger partial charge in [0.15, 0.2) is 0 Å². The Balaban J connectivity index is 3.91. The predicted octanol–water partition coefficient (Wildman–Crippen LogP) is 1.48. The van der Waals surface area contributed by atoms with Gasteiger partial charge in [0.1, 0.15) is 6.61 Å². The highest BCUT2D eigenvalue weighted by Crippen LogP contribution is 2.23. The lowest BCUT2D eigenvalue weighted by Gasteiger charge is -2.18. The minimum atomic E-state index is -0.333. The summed E-state index contributed by atoms with van der Waals surface area (Å²) >= 11 is 0. The molecule has 0 aliphatic rings. The van der Waals surface area contributed by atoms with E-state index in [1.54, 1.807) is 0 Å². The first-order valence-electron chi connectivity index (χ1n) is 4.42. The first kappa shape index (κ1) is 12.2. The summed E-state index contributed by atoms with van der Waals surface area (Å²) in [6.07, 6.45) is 0.649. The maximum atomic E-state index is 11.2. The van der Waals surface area contributed by atoms with Crippen LogP contribution in [-0.2, 0) is 9.53 Å². The van der Waals surface area contributed by atoms with Gasteiger partial charge in [0.25, 0.3) is 0 Å². The molecule has 0 fully saturated rings. The third-order valence-electron chi connectivity index (χ3n) is 1.38. The van der Waals surface area contributed by atoms with Gasteiger partial charge in [-0.2, -0.15) is 0 Å². The Morgan fingerprint density at radius 2 is 2.00 bits per heavy atom. The molecule has 0 aliphatic heterocycles. The molecular weight excluding hydrogens is 166 g/mol. The molecule has 0 aromatic heterocycles. The van der Waals surface area contributed by atoms with Gasteiger partial charge in [-0.1, -0.05) is 27.4 Å². The molecule has 0 amide bonds. The van der Waals surface area contributed by atoms with Crippen molar-refractivity contribution in [2.45, 2.75) is 27.2 Å². The SMILES string of the molecule is C=C(CC(C)(C)C)C(=O)OCCN. The highest BCUT2D eigenvalue weighted by Gasteiger charge is 2.17. The van der Waals surface area contributed by atoms with Crippen molar-refractivity contribution in [3.63, 3.8) is 0 Å². The van der Waals surface area contributed by atoms with E-state index in [1.807, 2.05) is 20.8 Å². The van der Waals surface area contributed by atoms with Crippen molar-refractivity contribution in [1.29, 1.82) is 0 Å². The molecule has 0 aliphatic carbocycles. The van der Waals surface area contributed by atoms with Crippen LogP contribution in [0, 0.1) is 5.41 Å². The second kappa shape index (κ2) is 5.02. The number of carbonyl (C=O) groups is 1. The van der Waals surface area contributed by atoms with E-state index >= 15 is 0 Å². The molecule has 0 rings (SSSR count). The molecule has 0 atom stereocenters. The summed E-state index contributed by atoms with van der Waals surface area (Å²) < 4.78 is 4.84. The van der Waals surface area contributed by atoms with Crippen LogP contribution in [0.25, 0.3) is 0 Å². The van der Waals surface area contributed by atoms with Crippen molar-refractivity contribution in [2.24, 2.45) is 11.1 Å². The van der Waals surface area contributed by atoms with Crippen LogP contribution in [0.4, 0.5) is 0 Å². The van der Waals surface area contributed by atoms with Crippen molar-refractivity contribution >= 4 is 5.97 Å². The fourth-order valence-corrected chi connectivity index (χ4v) is 0.966. The fourth-order valence-electron chi connectivity index (χ4n) is 0.966. The largest absolute Gasteiger partial charge is 0.461 e. The molecule has 0 spiro atoms. The van der Waals surface area contributed by atoms with E-state index in [1.165, 1.54) is 0 Å². The van der Waals surface area contributed by atoms with Gasteiger partial charge in [0.05, 0.1) is 0 Å². The zero-order valence-corrected chi connectivity index (χ0v) is 8.72. The van der Waals surface area contributed by atoms with Crippen molar-refractivity contribution in [3.05, 3.63) is 12.2 Å². The quantitative estimate of drug-likeness (QED) is 0.533. The van der Waals surface area contributed by atoms with Crippen LogP contribution in [0.2, 0.25) is 0 Å². The van der Waals surface area contributed by atoms with E-state index in [9.17, 15) is 4.79 Å². The summed E-state index contributed by atoms with van der Waals surface area (Å²) in [5.74, 6) is -0.333. The first-order valence-corrected chi connectivity index (χ1v) is 4.42. The van der Waals surface area contributed by atoms with Gasteiger partial charge < -0.3 is 10.5 Å². The van der Waals surface area contributed by atoms with Gasteiger partial charge in [0.2, 0.25) is 0 Å². The molecule has 0 aromatic rings. The number of hydrogen-bond acceptors (Lipinski definition) is 3. The average molecular weight is 185 g/mol. The van der Waals surface area contributed by atoms with E-state index in [-0.39, 0.29) is 18.0 Å². The van der Waals surface area contributed by atoms with E-state index < -0.39 is 0 Å². The molecule has 76 valence electrons. The van der Waals surface area contributed by atoms with Crippen LogP contribution in [0.3, 0.4) is 0 Å². The number of nitrogens with two attached hydrogens (primary N) is 1. The van der Waals surface area contributed by atoms with Gasteiger partial charge in [0, 0.05) is 12.1 Å². The maximum Gasteiger partial charge on any atom is 0.333 e. The van der Waals surface area contributed by atoms with Crippen LogP contribution < -0.4 is 5.73 Å². The third-order valence-corrected chi connectivity index (χ3v) is 1.38. The Morgan fingerprint density at radius 1 is 1.46 bits per heavy atom. The van der Waals surface area contributed by atoms with E-state index in [2.05, 4.69) is 6.58 Å². The summed E-state index contributed by atoms with van der Waals surface area (Å²) in [5, 5.41) is 0. The van der Waals surface area contributed by atoms with Crippen molar-refractivity contribution in [2.75, 3.05) is 13.2 Å². The zero-order valence-electron chi connectivity index (χ0n) is 8.72. The second-order valence-electron chi connectivity index (χ2n) is 4.27. The molecule has 13 heavy (non-hydrogen) atoms. The van der Waals surface area contributed by atoms with E-state index in [0.717, 1.165) is 0 Å². The topological polar surface area (TPSA) is 52.3 Å². The van der Waals surface area contributed by atoms with Crippen LogP contribution in [0.1, 0.15) is 27.2 Å². The van der Waals surface area contributed by atoms with Gasteiger partial charge in [-0.05, 0) is 11.8 Å². The second-order valence-corrected chi connectivity index (χ2v) is 4.27.